The molecular formula is C13H15FN4O. The lowest BCUT2D eigenvalue weighted by molar-refractivity contribution is 0.229. The molecule has 0 saturated carbocycles. The van der Waals surface area contributed by atoms with Crippen LogP contribution in [0, 0.1) is 5.82 Å². The van der Waals surface area contributed by atoms with E-state index in [1.807, 2.05) is 0 Å². The van der Waals surface area contributed by atoms with Gasteiger partial charge in [0.1, 0.15) is 11.6 Å². The Morgan fingerprint density at radius 1 is 1.42 bits per heavy atom. The number of aromatic nitrogens is 2. The van der Waals surface area contributed by atoms with Crippen LogP contribution in [0.5, 0.6) is 0 Å². The maximum absolute atomic E-state index is 13.2. The molecule has 5 nitrogen and oxygen atoms in total. The van der Waals surface area contributed by atoms with Crippen molar-refractivity contribution in [2.45, 2.75) is 19.4 Å². The predicted molar refractivity (Wildman–Crippen MR) is 70.0 cm³/mol. The van der Waals surface area contributed by atoms with Crippen molar-refractivity contribution in [3.05, 3.63) is 47.9 Å². The monoisotopic (exact) mass is 262 g/mol. The first-order valence-electron chi connectivity index (χ1n) is 5.78. The van der Waals surface area contributed by atoms with Crippen molar-refractivity contribution in [3.8, 4) is 0 Å². The fourth-order valence-electron chi connectivity index (χ4n) is 1.75. The van der Waals surface area contributed by atoms with Crippen LogP contribution in [0.3, 0.4) is 0 Å². The van der Waals surface area contributed by atoms with Crippen LogP contribution in [0.2, 0.25) is 0 Å². The lowest BCUT2D eigenvalue weighted by Crippen LogP contribution is -2.43. The number of nitrogens with one attached hydrogen (secondary N) is 1. The summed E-state index contributed by atoms with van der Waals surface area (Å²) in [7, 11) is 0. The van der Waals surface area contributed by atoms with E-state index in [0.29, 0.717) is 5.56 Å². The lowest BCUT2D eigenvalue weighted by atomic mass is 9.94. The van der Waals surface area contributed by atoms with Crippen LogP contribution in [0.25, 0.3) is 0 Å². The molecule has 0 atom stereocenters. The number of anilines is 1. The van der Waals surface area contributed by atoms with E-state index in [9.17, 15) is 9.18 Å². The molecule has 3 N–H and O–H groups in total. The third kappa shape index (κ3) is 2.73. The zero-order chi connectivity index (χ0) is 14.0. The first-order chi connectivity index (χ1) is 8.90. The number of amides is 1. The first-order valence-corrected chi connectivity index (χ1v) is 5.78. The van der Waals surface area contributed by atoms with E-state index in [2.05, 4.69) is 10.4 Å². The van der Waals surface area contributed by atoms with E-state index in [-0.39, 0.29) is 11.6 Å². The van der Waals surface area contributed by atoms with Crippen molar-refractivity contribution in [1.29, 1.82) is 0 Å². The molecule has 6 heteroatoms. The molecule has 19 heavy (non-hydrogen) atoms. The Labute approximate surface area is 110 Å². The number of carbonyl (C=O) groups is 1. The van der Waals surface area contributed by atoms with Gasteiger partial charge in [0.05, 0.1) is 11.7 Å². The number of benzene rings is 1. The molecular weight excluding hydrogens is 247 g/mol. The van der Waals surface area contributed by atoms with Gasteiger partial charge in [-0.2, -0.15) is 9.78 Å². The topological polar surface area (TPSA) is 72.9 Å². The number of nitrogens with zero attached hydrogens (tertiary/aromatic N) is 2. The number of nitrogen functional groups attached to an aromatic ring is 1. The van der Waals surface area contributed by atoms with Crippen molar-refractivity contribution in [2.24, 2.45) is 0 Å². The Kier molecular flexibility index (Phi) is 3.25. The summed E-state index contributed by atoms with van der Waals surface area (Å²) in [6, 6.07) is 7.14. The lowest BCUT2D eigenvalue weighted by Gasteiger charge is -2.26. The minimum Gasteiger partial charge on any atom is -0.383 e. The van der Waals surface area contributed by atoms with Crippen LogP contribution in [0.15, 0.2) is 36.5 Å². The number of nitrogens with two attached hydrogens (primary N) is 1. The highest BCUT2D eigenvalue weighted by molar-refractivity contribution is 5.79. The molecule has 0 saturated heterocycles. The van der Waals surface area contributed by atoms with Gasteiger partial charge in [-0.05, 0) is 31.5 Å². The van der Waals surface area contributed by atoms with E-state index < -0.39 is 11.6 Å². The Hall–Kier alpha value is -2.37. The largest absolute Gasteiger partial charge is 0.383 e. The molecule has 0 fully saturated rings. The molecule has 0 unspecified atom stereocenters. The maximum atomic E-state index is 13.2. The van der Waals surface area contributed by atoms with Gasteiger partial charge in [-0.1, -0.05) is 12.1 Å². The standard InChI is InChI=1S/C13H15FN4O/c1-13(2,9-4-3-5-10(14)8-9)17-12(19)18-11(15)6-7-16-18/h3-8H,15H2,1-2H3,(H,17,19). The average molecular weight is 262 g/mol. The average Bonchev–Trinajstić information content (AvgIpc) is 2.75. The summed E-state index contributed by atoms with van der Waals surface area (Å²) in [6.45, 7) is 3.55. The summed E-state index contributed by atoms with van der Waals surface area (Å²) < 4.78 is 14.3. The van der Waals surface area contributed by atoms with E-state index in [1.165, 1.54) is 24.4 Å². The van der Waals surface area contributed by atoms with Crippen LogP contribution in [0.1, 0.15) is 19.4 Å². The molecule has 1 amide bonds. The van der Waals surface area contributed by atoms with E-state index in [4.69, 9.17) is 5.73 Å². The summed E-state index contributed by atoms with van der Waals surface area (Å²) in [4.78, 5) is 12.0. The minimum atomic E-state index is -0.739. The quantitative estimate of drug-likeness (QED) is 0.870. The zero-order valence-corrected chi connectivity index (χ0v) is 10.7. The summed E-state index contributed by atoms with van der Waals surface area (Å²) in [6.07, 6.45) is 1.43. The van der Waals surface area contributed by atoms with E-state index in [0.717, 1.165) is 4.68 Å². The number of rotatable bonds is 2. The summed E-state index contributed by atoms with van der Waals surface area (Å²) in [5, 5.41) is 6.57. The SMILES string of the molecule is CC(C)(NC(=O)n1nccc1N)c1cccc(F)c1. The maximum Gasteiger partial charge on any atom is 0.344 e. The van der Waals surface area contributed by atoms with Gasteiger partial charge in [-0.25, -0.2) is 9.18 Å². The predicted octanol–water partition coefficient (Wildman–Crippen LogP) is 2.10. The molecule has 1 aromatic heterocycles. The van der Waals surface area contributed by atoms with Crippen molar-refractivity contribution in [1.82, 2.24) is 15.1 Å². The molecule has 2 rings (SSSR count). The van der Waals surface area contributed by atoms with Gasteiger partial charge in [0.15, 0.2) is 0 Å². The van der Waals surface area contributed by atoms with Gasteiger partial charge in [-0.15, -0.1) is 0 Å². The van der Waals surface area contributed by atoms with Crippen LogP contribution in [-0.4, -0.2) is 15.8 Å². The van der Waals surface area contributed by atoms with Crippen molar-refractivity contribution < 1.29 is 9.18 Å². The highest BCUT2D eigenvalue weighted by Crippen LogP contribution is 2.21. The second kappa shape index (κ2) is 4.72. The Bertz CT molecular complexity index is 606. The normalized spacial score (nSPS) is 11.3. The number of hydrogen-bond acceptors (Lipinski definition) is 3. The summed E-state index contributed by atoms with van der Waals surface area (Å²) >= 11 is 0. The number of halogens is 1. The van der Waals surface area contributed by atoms with Gasteiger partial charge < -0.3 is 11.1 Å². The fraction of sp³-hybridized carbons (Fsp3) is 0.231. The van der Waals surface area contributed by atoms with Gasteiger partial charge in [0.2, 0.25) is 0 Å². The van der Waals surface area contributed by atoms with Gasteiger partial charge >= 0.3 is 6.03 Å². The zero-order valence-electron chi connectivity index (χ0n) is 10.7. The van der Waals surface area contributed by atoms with Crippen molar-refractivity contribution in [2.75, 3.05) is 5.73 Å². The summed E-state index contributed by atoms with van der Waals surface area (Å²) in [5.41, 5.74) is 5.52. The second-order valence-electron chi connectivity index (χ2n) is 4.73. The highest BCUT2D eigenvalue weighted by Gasteiger charge is 2.24. The molecule has 2 aromatic rings. The second-order valence-corrected chi connectivity index (χ2v) is 4.73. The van der Waals surface area contributed by atoms with Crippen LogP contribution < -0.4 is 11.1 Å². The van der Waals surface area contributed by atoms with Gasteiger partial charge in [0, 0.05) is 6.07 Å². The summed E-state index contributed by atoms with van der Waals surface area (Å²) in [5.74, 6) is -0.106. The Morgan fingerprint density at radius 2 is 2.16 bits per heavy atom. The Balaban J connectivity index is 2.22. The molecule has 0 spiro atoms. The molecule has 0 bridgehead atoms. The fourth-order valence-corrected chi connectivity index (χ4v) is 1.75. The molecule has 0 aliphatic rings. The number of carbonyl (C=O) groups excluding carboxylic acids is 1. The third-order valence-electron chi connectivity index (χ3n) is 2.83. The van der Waals surface area contributed by atoms with Crippen LogP contribution in [-0.2, 0) is 5.54 Å². The van der Waals surface area contributed by atoms with E-state index in [1.54, 1.807) is 26.0 Å². The molecule has 100 valence electrons. The van der Waals surface area contributed by atoms with Crippen LogP contribution in [0.4, 0.5) is 15.0 Å². The molecule has 0 aliphatic heterocycles. The first kappa shape index (κ1) is 13.1. The van der Waals surface area contributed by atoms with Crippen molar-refractivity contribution in [3.63, 3.8) is 0 Å². The molecule has 1 aromatic carbocycles. The third-order valence-corrected chi connectivity index (χ3v) is 2.83. The number of hydrogen-bond donors (Lipinski definition) is 2. The van der Waals surface area contributed by atoms with Gasteiger partial charge in [0.25, 0.3) is 0 Å². The minimum absolute atomic E-state index is 0.243. The van der Waals surface area contributed by atoms with Crippen LogP contribution >= 0.6 is 0 Å². The highest BCUT2D eigenvalue weighted by atomic mass is 19.1. The Morgan fingerprint density at radius 3 is 2.74 bits per heavy atom. The molecule has 1 heterocycles. The molecule has 0 radical (unpaired) electrons. The molecule has 0 aliphatic carbocycles. The van der Waals surface area contributed by atoms with Crippen molar-refractivity contribution >= 4 is 11.8 Å². The van der Waals surface area contributed by atoms with Gasteiger partial charge in [-0.3, -0.25) is 0 Å². The smallest absolute Gasteiger partial charge is 0.344 e. The van der Waals surface area contributed by atoms with E-state index >= 15 is 0 Å².